The van der Waals surface area contributed by atoms with Crippen molar-refractivity contribution in [3.05, 3.63) is 11.4 Å². The molecular formula is C4H6N4S. The van der Waals surface area contributed by atoms with Gasteiger partial charge in [0.25, 0.3) is 0 Å². The molecule has 0 aromatic carbocycles. The highest BCUT2D eigenvalue weighted by atomic mass is 32.1. The molecule has 0 bridgehead atoms. The van der Waals surface area contributed by atoms with Crippen LogP contribution < -0.4 is 11.5 Å². The Kier molecular flexibility index (Phi) is 1.64. The Hall–Kier alpha value is -1.10. The van der Waals surface area contributed by atoms with E-state index in [1.165, 1.54) is 11.5 Å². The standard InChI is InChI=1S/C4H6N4S/c5-4(6)7-3-1-2-9-8-3/h1-2H,(H4,5,6,7,8). The molecule has 1 aromatic rings. The van der Waals surface area contributed by atoms with E-state index < -0.39 is 0 Å². The van der Waals surface area contributed by atoms with Crippen molar-refractivity contribution < 1.29 is 0 Å². The molecule has 48 valence electrons. The first-order valence-electron chi connectivity index (χ1n) is 2.29. The fraction of sp³-hybridized carbons (Fsp3) is 0. The van der Waals surface area contributed by atoms with Crippen molar-refractivity contribution in [1.82, 2.24) is 4.37 Å². The first-order chi connectivity index (χ1) is 4.29. The van der Waals surface area contributed by atoms with Gasteiger partial charge in [-0.3, -0.25) is 0 Å². The summed E-state index contributed by atoms with van der Waals surface area (Å²) < 4.78 is 3.85. The summed E-state index contributed by atoms with van der Waals surface area (Å²) in [6.45, 7) is 0. The predicted molar refractivity (Wildman–Crippen MR) is 37.6 cm³/mol. The Balaban J connectivity index is 2.80. The number of rotatable bonds is 1. The molecule has 0 radical (unpaired) electrons. The third-order valence-corrected chi connectivity index (χ3v) is 1.22. The van der Waals surface area contributed by atoms with Gasteiger partial charge in [0.2, 0.25) is 0 Å². The molecule has 0 amide bonds. The average Bonchev–Trinajstić information content (AvgIpc) is 2.15. The summed E-state index contributed by atoms with van der Waals surface area (Å²) in [4.78, 5) is 3.69. The van der Waals surface area contributed by atoms with Gasteiger partial charge in [-0.1, -0.05) is 0 Å². The lowest BCUT2D eigenvalue weighted by molar-refractivity contribution is 1.37. The largest absolute Gasteiger partial charge is 0.370 e. The van der Waals surface area contributed by atoms with Crippen LogP contribution in [0, 0.1) is 0 Å². The summed E-state index contributed by atoms with van der Waals surface area (Å²) >= 11 is 1.31. The summed E-state index contributed by atoms with van der Waals surface area (Å²) in [7, 11) is 0. The zero-order valence-electron chi connectivity index (χ0n) is 4.61. The van der Waals surface area contributed by atoms with Crippen LogP contribution in [-0.4, -0.2) is 10.3 Å². The minimum Gasteiger partial charge on any atom is -0.370 e. The second-order valence-corrected chi connectivity index (χ2v) is 2.06. The monoisotopic (exact) mass is 142 g/mol. The second-order valence-electron chi connectivity index (χ2n) is 1.39. The third-order valence-electron chi connectivity index (χ3n) is 0.668. The van der Waals surface area contributed by atoms with Crippen LogP contribution in [-0.2, 0) is 0 Å². The number of hydrogen-bond donors (Lipinski definition) is 2. The third kappa shape index (κ3) is 1.69. The Bertz CT molecular complexity index is 198. The summed E-state index contributed by atoms with van der Waals surface area (Å²) in [6, 6.07) is 1.74. The number of hydrogen-bond acceptors (Lipinski definition) is 3. The fourth-order valence-electron chi connectivity index (χ4n) is 0.396. The highest BCUT2D eigenvalue weighted by molar-refractivity contribution is 7.03. The summed E-state index contributed by atoms with van der Waals surface area (Å²) in [6.07, 6.45) is 0. The molecule has 0 saturated heterocycles. The molecule has 1 rings (SSSR count). The molecule has 0 aliphatic rings. The molecule has 0 saturated carbocycles. The van der Waals surface area contributed by atoms with Gasteiger partial charge in [-0.05, 0) is 17.6 Å². The maximum Gasteiger partial charge on any atom is 0.192 e. The van der Waals surface area contributed by atoms with E-state index in [9.17, 15) is 0 Å². The quantitative estimate of drug-likeness (QED) is 0.429. The van der Waals surface area contributed by atoms with E-state index in [-0.39, 0.29) is 5.96 Å². The van der Waals surface area contributed by atoms with Crippen molar-refractivity contribution in [2.75, 3.05) is 0 Å². The SMILES string of the molecule is NC(N)=Nc1ccsn1. The lowest BCUT2D eigenvalue weighted by Gasteiger charge is -1.84. The van der Waals surface area contributed by atoms with Gasteiger partial charge in [-0.25, -0.2) is 0 Å². The topological polar surface area (TPSA) is 77.3 Å². The van der Waals surface area contributed by atoms with Crippen LogP contribution >= 0.6 is 11.5 Å². The maximum atomic E-state index is 5.08. The molecule has 0 spiro atoms. The second kappa shape index (κ2) is 2.45. The van der Waals surface area contributed by atoms with Gasteiger partial charge in [0.05, 0.1) is 0 Å². The van der Waals surface area contributed by atoms with E-state index in [0.717, 1.165) is 0 Å². The van der Waals surface area contributed by atoms with E-state index in [4.69, 9.17) is 11.5 Å². The molecular weight excluding hydrogens is 136 g/mol. The maximum absolute atomic E-state index is 5.08. The zero-order valence-corrected chi connectivity index (χ0v) is 5.43. The molecule has 0 fully saturated rings. The Morgan fingerprint density at radius 2 is 2.44 bits per heavy atom. The normalized spacial score (nSPS) is 8.89. The number of aromatic nitrogens is 1. The number of guanidine groups is 1. The molecule has 5 heteroatoms. The Morgan fingerprint density at radius 3 is 2.89 bits per heavy atom. The molecule has 4 N–H and O–H groups in total. The van der Waals surface area contributed by atoms with Gasteiger partial charge < -0.3 is 11.5 Å². The highest BCUT2D eigenvalue weighted by Crippen LogP contribution is 2.08. The molecule has 0 atom stereocenters. The molecule has 0 unspecified atom stereocenters. The minimum absolute atomic E-state index is 0.0425. The smallest absolute Gasteiger partial charge is 0.192 e. The van der Waals surface area contributed by atoms with Crippen molar-refractivity contribution in [3.8, 4) is 0 Å². The molecule has 1 heterocycles. The van der Waals surface area contributed by atoms with Gasteiger partial charge in [0.15, 0.2) is 11.8 Å². The van der Waals surface area contributed by atoms with E-state index in [2.05, 4.69) is 9.37 Å². The van der Waals surface area contributed by atoms with Crippen LogP contribution in [0.2, 0.25) is 0 Å². The van der Waals surface area contributed by atoms with Crippen molar-refractivity contribution in [1.29, 1.82) is 0 Å². The van der Waals surface area contributed by atoms with Crippen LogP contribution in [0.1, 0.15) is 0 Å². The van der Waals surface area contributed by atoms with Crippen LogP contribution in [0.5, 0.6) is 0 Å². The van der Waals surface area contributed by atoms with Crippen LogP contribution in [0.25, 0.3) is 0 Å². The molecule has 1 aromatic heterocycles. The van der Waals surface area contributed by atoms with Gasteiger partial charge in [-0.15, -0.1) is 0 Å². The lowest BCUT2D eigenvalue weighted by Crippen LogP contribution is -2.21. The summed E-state index contributed by atoms with van der Waals surface area (Å²) in [5, 5.41) is 1.81. The first-order valence-corrected chi connectivity index (χ1v) is 3.13. The molecule has 9 heavy (non-hydrogen) atoms. The van der Waals surface area contributed by atoms with Crippen molar-refractivity contribution in [2.45, 2.75) is 0 Å². The Morgan fingerprint density at radius 1 is 1.67 bits per heavy atom. The van der Waals surface area contributed by atoms with Crippen molar-refractivity contribution in [2.24, 2.45) is 16.5 Å². The van der Waals surface area contributed by atoms with Gasteiger partial charge in [0, 0.05) is 5.38 Å². The van der Waals surface area contributed by atoms with E-state index in [0.29, 0.717) is 5.82 Å². The number of nitrogens with zero attached hydrogens (tertiary/aromatic N) is 2. The van der Waals surface area contributed by atoms with Gasteiger partial charge in [0.1, 0.15) is 0 Å². The first kappa shape index (κ1) is 6.03. The van der Waals surface area contributed by atoms with E-state index in [1.807, 2.05) is 5.38 Å². The van der Waals surface area contributed by atoms with E-state index >= 15 is 0 Å². The number of aliphatic imine (C=N–C) groups is 1. The van der Waals surface area contributed by atoms with Crippen LogP contribution in [0.4, 0.5) is 5.82 Å². The molecule has 4 nitrogen and oxygen atoms in total. The van der Waals surface area contributed by atoms with E-state index in [1.54, 1.807) is 6.07 Å². The lowest BCUT2D eigenvalue weighted by atomic mass is 10.7. The van der Waals surface area contributed by atoms with Crippen LogP contribution in [0.15, 0.2) is 16.4 Å². The van der Waals surface area contributed by atoms with Crippen LogP contribution in [0.3, 0.4) is 0 Å². The Labute approximate surface area is 56.4 Å². The summed E-state index contributed by atoms with van der Waals surface area (Å²) in [5.41, 5.74) is 10.2. The number of nitrogens with two attached hydrogens (primary N) is 2. The van der Waals surface area contributed by atoms with Crippen molar-refractivity contribution >= 4 is 23.3 Å². The minimum atomic E-state index is 0.0425. The zero-order chi connectivity index (χ0) is 6.69. The molecule has 0 aliphatic heterocycles. The average molecular weight is 142 g/mol. The highest BCUT2D eigenvalue weighted by Gasteiger charge is 1.88. The van der Waals surface area contributed by atoms with Gasteiger partial charge in [-0.2, -0.15) is 9.37 Å². The van der Waals surface area contributed by atoms with Crippen molar-refractivity contribution in [3.63, 3.8) is 0 Å². The molecule has 0 aliphatic carbocycles. The van der Waals surface area contributed by atoms with Gasteiger partial charge >= 0.3 is 0 Å². The predicted octanol–water partition coefficient (Wildman–Crippen LogP) is 0.0480. The summed E-state index contributed by atoms with van der Waals surface area (Å²) in [5.74, 6) is 0.612. The fourth-order valence-corrected chi connectivity index (χ4v) is 0.849.